The highest BCUT2D eigenvalue weighted by Crippen LogP contribution is 2.22. The van der Waals surface area contributed by atoms with E-state index in [-0.39, 0.29) is 13.0 Å². The molecule has 0 aromatic carbocycles. The van der Waals surface area contributed by atoms with Crippen molar-refractivity contribution >= 4 is 5.91 Å². The first-order valence-electron chi connectivity index (χ1n) is 4.36. The van der Waals surface area contributed by atoms with E-state index in [0.717, 1.165) is 0 Å². The number of H-pyrrole nitrogens is 1. The smallest absolute Gasteiger partial charge is 0.350 e. The van der Waals surface area contributed by atoms with E-state index >= 15 is 0 Å². The third kappa shape index (κ3) is 2.94. The monoisotopic (exact) mass is 239 g/mol. The van der Waals surface area contributed by atoms with Crippen LogP contribution in [0.5, 0.6) is 0 Å². The van der Waals surface area contributed by atoms with Gasteiger partial charge < -0.3 is 10.3 Å². The molecule has 4 nitrogen and oxygen atoms in total. The van der Waals surface area contributed by atoms with E-state index in [0.29, 0.717) is 5.69 Å². The number of alkyl halides is 4. The number of carbonyl (C=O) groups is 1. The molecule has 1 amide bonds. The third-order valence-corrected chi connectivity index (χ3v) is 1.81. The van der Waals surface area contributed by atoms with Gasteiger partial charge in [-0.1, -0.05) is 0 Å². The molecule has 90 valence electrons. The van der Waals surface area contributed by atoms with E-state index in [1.807, 2.05) is 0 Å². The lowest BCUT2D eigenvalue weighted by Gasteiger charge is -2.14. The first-order valence-corrected chi connectivity index (χ1v) is 4.36. The van der Waals surface area contributed by atoms with Crippen LogP contribution < -0.4 is 5.32 Å². The molecule has 0 atom stereocenters. The van der Waals surface area contributed by atoms with Crippen molar-refractivity contribution in [2.75, 3.05) is 6.54 Å². The minimum atomic E-state index is -4.64. The van der Waals surface area contributed by atoms with Gasteiger partial charge in [0.1, 0.15) is 0 Å². The summed E-state index contributed by atoms with van der Waals surface area (Å²) in [7, 11) is 0. The summed E-state index contributed by atoms with van der Waals surface area (Å²) in [6, 6.07) is 0. The molecule has 2 N–H and O–H groups in total. The molecule has 0 aliphatic rings. The number of aromatic nitrogens is 2. The number of aromatic amines is 1. The fraction of sp³-hybridized carbons (Fsp3) is 0.500. The van der Waals surface area contributed by atoms with Crippen molar-refractivity contribution in [1.82, 2.24) is 15.3 Å². The molecule has 1 rings (SSSR count). The highest BCUT2D eigenvalue weighted by atomic mass is 19.3. The molecule has 0 radical (unpaired) electrons. The van der Waals surface area contributed by atoms with Crippen molar-refractivity contribution in [3.63, 3.8) is 0 Å². The van der Waals surface area contributed by atoms with Gasteiger partial charge in [-0.25, -0.2) is 13.8 Å². The predicted octanol–water partition coefficient (Wildman–Crippen LogP) is 0.969. The van der Waals surface area contributed by atoms with E-state index < -0.39 is 18.3 Å². The Morgan fingerprint density at radius 2 is 2.25 bits per heavy atom. The zero-order valence-corrected chi connectivity index (χ0v) is 8.01. The molecule has 1 heterocycles. The van der Waals surface area contributed by atoms with Gasteiger partial charge in [0.2, 0.25) is 0 Å². The topological polar surface area (TPSA) is 57.8 Å². The van der Waals surface area contributed by atoms with Crippen LogP contribution in [0, 0.1) is 0 Å². The van der Waals surface area contributed by atoms with Gasteiger partial charge in [0, 0.05) is 24.9 Å². The number of rotatable bonds is 5. The summed E-state index contributed by atoms with van der Waals surface area (Å²) in [5.74, 6) is -6.62. The lowest BCUT2D eigenvalue weighted by atomic mass is 10.3. The SMILES string of the molecule is O=C(NCCc1cnc[nH]1)C(F)(F)C(F)F. The van der Waals surface area contributed by atoms with Crippen LogP contribution in [0.1, 0.15) is 5.69 Å². The van der Waals surface area contributed by atoms with E-state index in [1.54, 1.807) is 5.32 Å². The van der Waals surface area contributed by atoms with E-state index in [2.05, 4.69) is 9.97 Å². The van der Waals surface area contributed by atoms with Crippen LogP contribution in [-0.4, -0.2) is 34.8 Å². The molecular formula is C8H9F4N3O. The van der Waals surface area contributed by atoms with E-state index in [1.165, 1.54) is 12.5 Å². The fourth-order valence-electron chi connectivity index (χ4n) is 0.949. The quantitative estimate of drug-likeness (QED) is 0.752. The normalized spacial score (nSPS) is 11.8. The Balaban J connectivity index is 2.36. The highest BCUT2D eigenvalue weighted by Gasteiger charge is 2.48. The van der Waals surface area contributed by atoms with Gasteiger partial charge in [-0.05, 0) is 0 Å². The Hall–Kier alpha value is -1.60. The summed E-state index contributed by atoms with van der Waals surface area (Å²) in [5.41, 5.74) is 0.612. The van der Waals surface area contributed by atoms with Crippen molar-refractivity contribution in [2.24, 2.45) is 0 Å². The van der Waals surface area contributed by atoms with Gasteiger partial charge in [-0.2, -0.15) is 8.78 Å². The predicted molar refractivity (Wildman–Crippen MR) is 46.3 cm³/mol. The number of nitrogens with one attached hydrogen (secondary N) is 2. The molecular weight excluding hydrogens is 230 g/mol. The number of carbonyl (C=O) groups excluding carboxylic acids is 1. The second-order valence-electron chi connectivity index (χ2n) is 3.01. The molecule has 1 aromatic rings. The molecule has 0 saturated carbocycles. The van der Waals surface area contributed by atoms with Crippen LogP contribution in [0.2, 0.25) is 0 Å². The van der Waals surface area contributed by atoms with Gasteiger partial charge in [0.15, 0.2) is 0 Å². The van der Waals surface area contributed by atoms with E-state index in [9.17, 15) is 22.4 Å². The first-order chi connectivity index (χ1) is 7.44. The largest absolute Gasteiger partial charge is 0.383 e. The molecule has 0 bridgehead atoms. The number of amides is 1. The second-order valence-corrected chi connectivity index (χ2v) is 3.01. The zero-order chi connectivity index (χ0) is 12.2. The number of halogens is 4. The minimum Gasteiger partial charge on any atom is -0.350 e. The van der Waals surface area contributed by atoms with Crippen molar-refractivity contribution in [3.05, 3.63) is 18.2 Å². The maximum atomic E-state index is 12.4. The van der Waals surface area contributed by atoms with Gasteiger partial charge in [-0.3, -0.25) is 4.79 Å². The van der Waals surface area contributed by atoms with Gasteiger partial charge in [0.25, 0.3) is 5.91 Å². The summed E-state index contributed by atoms with van der Waals surface area (Å²) in [6.07, 6.45) is -0.965. The molecule has 16 heavy (non-hydrogen) atoms. The van der Waals surface area contributed by atoms with Gasteiger partial charge >= 0.3 is 12.3 Å². The van der Waals surface area contributed by atoms with Crippen LogP contribution in [0.25, 0.3) is 0 Å². The molecule has 1 aromatic heterocycles. The summed E-state index contributed by atoms with van der Waals surface area (Å²) in [5, 5.41) is 1.73. The molecule has 0 aliphatic carbocycles. The van der Waals surface area contributed by atoms with Crippen molar-refractivity contribution in [1.29, 1.82) is 0 Å². The molecule has 0 fully saturated rings. The Bertz CT molecular complexity index is 339. The maximum Gasteiger partial charge on any atom is 0.383 e. The van der Waals surface area contributed by atoms with E-state index in [4.69, 9.17) is 0 Å². The Morgan fingerprint density at radius 1 is 1.56 bits per heavy atom. The van der Waals surface area contributed by atoms with Crippen LogP contribution in [0.4, 0.5) is 17.6 Å². The molecule has 8 heteroatoms. The Morgan fingerprint density at radius 3 is 2.75 bits per heavy atom. The average molecular weight is 239 g/mol. The zero-order valence-electron chi connectivity index (χ0n) is 8.01. The minimum absolute atomic E-state index is 0.163. The highest BCUT2D eigenvalue weighted by molar-refractivity contribution is 5.83. The number of imidazole rings is 1. The number of hydrogen-bond acceptors (Lipinski definition) is 2. The maximum absolute atomic E-state index is 12.4. The Kier molecular flexibility index (Phi) is 3.86. The van der Waals surface area contributed by atoms with Crippen molar-refractivity contribution in [2.45, 2.75) is 18.8 Å². The number of hydrogen-bond donors (Lipinski definition) is 2. The van der Waals surface area contributed by atoms with Gasteiger partial charge in [-0.15, -0.1) is 0 Å². The molecule has 0 aliphatic heterocycles. The molecule has 0 spiro atoms. The lowest BCUT2D eigenvalue weighted by Crippen LogP contribution is -2.45. The lowest BCUT2D eigenvalue weighted by molar-refractivity contribution is -0.169. The van der Waals surface area contributed by atoms with Crippen LogP contribution >= 0.6 is 0 Å². The average Bonchev–Trinajstić information content (AvgIpc) is 2.70. The fourth-order valence-corrected chi connectivity index (χ4v) is 0.949. The summed E-state index contributed by atoms with van der Waals surface area (Å²) >= 11 is 0. The molecule has 0 saturated heterocycles. The van der Waals surface area contributed by atoms with Crippen LogP contribution in [0.15, 0.2) is 12.5 Å². The second kappa shape index (κ2) is 4.95. The summed E-state index contributed by atoms with van der Waals surface area (Å²) in [4.78, 5) is 17.0. The third-order valence-electron chi connectivity index (χ3n) is 1.81. The van der Waals surface area contributed by atoms with Crippen LogP contribution in [-0.2, 0) is 11.2 Å². The standard InChI is InChI=1S/C8H9F4N3O/c9-6(10)8(11,12)7(16)14-2-1-5-3-13-4-15-5/h3-4,6H,1-2H2,(H,13,15)(H,14,16). The van der Waals surface area contributed by atoms with Crippen LogP contribution in [0.3, 0.4) is 0 Å². The number of nitrogens with zero attached hydrogens (tertiary/aromatic N) is 1. The Labute approximate surface area is 88.1 Å². The van der Waals surface area contributed by atoms with Gasteiger partial charge in [0.05, 0.1) is 6.33 Å². The summed E-state index contributed by atoms with van der Waals surface area (Å²) in [6.45, 7) is -0.163. The summed E-state index contributed by atoms with van der Waals surface area (Å²) < 4.78 is 48.3. The van der Waals surface area contributed by atoms with Crippen molar-refractivity contribution in [3.8, 4) is 0 Å². The first kappa shape index (κ1) is 12.5. The van der Waals surface area contributed by atoms with Crippen molar-refractivity contribution < 1.29 is 22.4 Å². The molecule has 0 unspecified atom stereocenters.